The molecule has 5 heteroatoms. The number of nitrogens with zero attached hydrogens (tertiary/aromatic N) is 2. The van der Waals surface area contributed by atoms with Gasteiger partial charge in [-0.3, -0.25) is 0 Å². The number of hydrogen-bond acceptors (Lipinski definition) is 5. The van der Waals surface area contributed by atoms with Crippen LogP contribution in [0.2, 0.25) is 0 Å². The maximum Gasteiger partial charge on any atom is 0.145 e. The molecular formula is C19H27N3O2. The number of methoxy groups -OCH3 is 2. The second-order valence-electron chi connectivity index (χ2n) is 6.37. The van der Waals surface area contributed by atoms with Crippen LogP contribution in [0.1, 0.15) is 18.5 Å². The third-order valence-electron chi connectivity index (χ3n) is 4.76. The fourth-order valence-electron chi connectivity index (χ4n) is 3.38. The van der Waals surface area contributed by atoms with Gasteiger partial charge >= 0.3 is 0 Å². The van der Waals surface area contributed by atoms with Crippen molar-refractivity contribution >= 4 is 16.6 Å². The molecule has 0 saturated carbocycles. The topological polar surface area (TPSA) is 46.6 Å². The lowest BCUT2D eigenvalue weighted by Gasteiger charge is -2.31. The normalized spacial score (nSPS) is 16.5. The van der Waals surface area contributed by atoms with Crippen molar-refractivity contribution in [3.63, 3.8) is 0 Å². The zero-order valence-electron chi connectivity index (χ0n) is 14.8. The molecule has 1 aliphatic rings. The second-order valence-corrected chi connectivity index (χ2v) is 6.37. The molecule has 1 aromatic carbocycles. The summed E-state index contributed by atoms with van der Waals surface area (Å²) in [5.41, 5.74) is 3.04. The Labute approximate surface area is 144 Å². The molecule has 0 unspecified atom stereocenters. The van der Waals surface area contributed by atoms with Crippen LogP contribution in [0, 0.1) is 6.92 Å². The third kappa shape index (κ3) is 3.79. The van der Waals surface area contributed by atoms with E-state index >= 15 is 0 Å². The van der Waals surface area contributed by atoms with Crippen LogP contribution in [0.3, 0.4) is 0 Å². The molecule has 0 aliphatic carbocycles. The van der Waals surface area contributed by atoms with E-state index in [1.807, 2.05) is 26.2 Å². The molecule has 24 heavy (non-hydrogen) atoms. The average Bonchev–Trinajstić information content (AvgIpc) is 2.61. The molecule has 0 radical (unpaired) electrons. The van der Waals surface area contributed by atoms with Crippen molar-refractivity contribution in [1.82, 2.24) is 9.88 Å². The molecule has 0 spiro atoms. The average molecular weight is 329 g/mol. The van der Waals surface area contributed by atoms with E-state index in [0.29, 0.717) is 6.10 Å². The minimum Gasteiger partial charge on any atom is -0.494 e. The zero-order chi connectivity index (χ0) is 16.9. The summed E-state index contributed by atoms with van der Waals surface area (Å²) < 4.78 is 10.9. The van der Waals surface area contributed by atoms with Gasteiger partial charge in [-0.15, -0.1) is 0 Å². The number of piperidine rings is 1. The fraction of sp³-hybridized carbons (Fsp3) is 0.526. The predicted octanol–water partition coefficient (Wildman–Crippen LogP) is 3.07. The molecule has 1 fully saturated rings. The van der Waals surface area contributed by atoms with Crippen LogP contribution in [-0.4, -0.2) is 56.4 Å². The van der Waals surface area contributed by atoms with Crippen molar-refractivity contribution in [3.05, 3.63) is 30.0 Å². The summed E-state index contributed by atoms with van der Waals surface area (Å²) >= 11 is 0. The Morgan fingerprint density at radius 1 is 1.25 bits per heavy atom. The Kier molecular flexibility index (Phi) is 5.53. The zero-order valence-corrected chi connectivity index (χ0v) is 14.8. The van der Waals surface area contributed by atoms with E-state index in [2.05, 4.69) is 27.3 Å². The highest BCUT2D eigenvalue weighted by molar-refractivity contribution is 5.95. The lowest BCUT2D eigenvalue weighted by molar-refractivity contribution is 0.0423. The number of ether oxygens (including phenoxy) is 2. The van der Waals surface area contributed by atoms with Crippen molar-refractivity contribution in [2.75, 3.05) is 45.7 Å². The summed E-state index contributed by atoms with van der Waals surface area (Å²) in [4.78, 5) is 7.13. The van der Waals surface area contributed by atoms with E-state index in [-0.39, 0.29) is 0 Å². The van der Waals surface area contributed by atoms with Gasteiger partial charge in [0.1, 0.15) is 11.3 Å². The number of pyridine rings is 1. The van der Waals surface area contributed by atoms with E-state index < -0.39 is 0 Å². The number of fused-ring (bicyclic) bond motifs is 1. The molecule has 2 heterocycles. The van der Waals surface area contributed by atoms with Crippen molar-refractivity contribution in [3.8, 4) is 5.75 Å². The van der Waals surface area contributed by atoms with Gasteiger partial charge in [-0.1, -0.05) is 12.1 Å². The van der Waals surface area contributed by atoms with Gasteiger partial charge in [-0.25, -0.2) is 4.98 Å². The molecule has 1 N–H and O–H groups in total. The lowest BCUT2D eigenvalue weighted by Crippen LogP contribution is -2.39. The first-order chi connectivity index (χ1) is 11.7. The van der Waals surface area contributed by atoms with E-state index in [1.54, 1.807) is 7.11 Å². The first kappa shape index (κ1) is 17.0. The Morgan fingerprint density at radius 2 is 2.04 bits per heavy atom. The highest BCUT2D eigenvalue weighted by Crippen LogP contribution is 2.29. The first-order valence-electron chi connectivity index (χ1n) is 8.64. The lowest BCUT2D eigenvalue weighted by atomic mass is 10.1. The number of nitrogens with one attached hydrogen (secondary N) is 1. The number of likely N-dealkylation sites (tertiary alicyclic amines) is 1. The fourth-order valence-corrected chi connectivity index (χ4v) is 3.38. The van der Waals surface area contributed by atoms with Crippen LogP contribution in [0.5, 0.6) is 5.75 Å². The third-order valence-corrected chi connectivity index (χ3v) is 4.76. The quantitative estimate of drug-likeness (QED) is 0.882. The van der Waals surface area contributed by atoms with Gasteiger partial charge in [0.25, 0.3) is 0 Å². The van der Waals surface area contributed by atoms with Gasteiger partial charge < -0.3 is 19.7 Å². The maximum absolute atomic E-state index is 5.45. The van der Waals surface area contributed by atoms with Crippen molar-refractivity contribution < 1.29 is 9.47 Å². The first-order valence-corrected chi connectivity index (χ1v) is 8.64. The van der Waals surface area contributed by atoms with E-state index in [9.17, 15) is 0 Å². The molecule has 1 aliphatic heterocycles. The molecule has 1 aromatic heterocycles. The molecule has 1 saturated heterocycles. The van der Waals surface area contributed by atoms with Gasteiger partial charge in [0.2, 0.25) is 0 Å². The Bertz CT molecular complexity index is 682. The number of aromatic nitrogens is 1. The Morgan fingerprint density at radius 3 is 2.75 bits per heavy atom. The molecular weight excluding hydrogens is 302 g/mol. The number of para-hydroxylation sites is 1. The summed E-state index contributed by atoms with van der Waals surface area (Å²) in [5.74, 6) is 0.820. The largest absolute Gasteiger partial charge is 0.494 e. The van der Waals surface area contributed by atoms with Crippen molar-refractivity contribution in [2.45, 2.75) is 25.9 Å². The molecule has 3 rings (SSSR count). The summed E-state index contributed by atoms with van der Waals surface area (Å²) in [6.07, 6.45) is 2.70. The monoisotopic (exact) mass is 329 g/mol. The van der Waals surface area contributed by atoms with Crippen molar-refractivity contribution in [1.29, 1.82) is 0 Å². The maximum atomic E-state index is 5.45. The minimum absolute atomic E-state index is 0.438. The molecule has 0 atom stereocenters. The van der Waals surface area contributed by atoms with E-state index in [0.717, 1.165) is 67.1 Å². The molecule has 130 valence electrons. The molecule has 0 amide bonds. The number of aryl methyl sites for hydroxylation is 1. The number of rotatable bonds is 6. The number of benzene rings is 1. The standard InChI is InChI=1S/C19H27N3O2/c1-14-13-17(16-5-4-6-18(24-3)19(16)21-14)20-9-12-22-10-7-15(23-2)8-11-22/h4-6,13,15H,7-12H2,1-3H3,(H,20,21). The van der Waals surface area contributed by atoms with E-state index in [4.69, 9.17) is 9.47 Å². The van der Waals surface area contributed by atoms with Crippen molar-refractivity contribution in [2.24, 2.45) is 0 Å². The SMILES string of the molecule is COc1cccc2c(NCCN3CCC(OC)CC3)cc(C)nc12. The van der Waals surface area contributed by atoms with E-state index in [1.165, 1.54) is 0 Å². The Hall–Kier alpha value is -1.85. The van der Waals surface area contributed by atoms with Crippen LogP contribution >= 0.6 is 0 Å². The summed E-state index contributed by atoms with van der Waals surface area (Å²) in [5, 5.41) is 4.69. The van der Waals surface area contributed by atoms with Gasteiger partial charge in [0.05, 0.1) is 13.2 Å². The number of anilines is 1. The summed E-state index contributed by atoms with van der Waals surface area (Å²) in [6.45, 7) is 6.22. The van der Waals surface area contributed by atoms with Gasteiger partial charge in [-0.05, 0) is 31.9 Å². The van der Waals surface area contributed by atoms with Crippen LogP contribution in [0.15, 0.2) is 24.3 Å². The number of hydrogen-bond donors (Lipinski definition) is 1. The predicted molar refractivity (Wildman–Crippen MR) is 98.0 cm³/mol. The van der Waals surface area contributed by atoms with Crippen LogP contribution < -0.4 is 10.1 Å². The summed E-state index contributed by atoms with van der Waals surface area (Å²) in [7, 11) is 3.50. The summed E-state index contributed by atoms with van der Waals surface area (Å²) in [6, 6.07) is 8.17. The van der Waals surface area contributed by atoms with Gasteiger partial charge in [0, 0.05) is 50.1 Å². The van der Waals surface area contributed by atoms with Crippen LogP contribution in [0.25, 0.3) is 10.9 Å². The molecule has 2 aromatic rings. The van der Waals surface area contributed by atoms with Crippen LogP contribution in [-0.2, 0) is 4.74 Å². The second kappa shape index (κ2) is 7.81. The highest BCUT2D eigenvalue weighted by Gasteiger charge is 2.18. The molecule has 5 nitrogen and oxygen atoms in total. The van der Waals surface area contributed by atoms with Gasteiger partial charge in [-0.2, -0.15) is 0 Å². The highest BCUT2D eigenvalue weighted by atomic mass is 16.5. The van der Waals surface area contributed by atoms with Crippen LogP contribution in [0.4, 0.5) is 5.69 Å². The van der Waals surface area contributed by atoms with Gasteiger partial charge in [0.15, 0.2) is 0 Å². The Balaban J connectivity index is 1.65. The smallest absolute Gasteiger partial charge is 0.145 e. The minimum atomic E-state index is 0.438. The molecule has 0 bridgehead atoms.